The zero-order chi connectivity index (χ0) is 11.5. The molecule has 1 unspecified atom stereocenters. The molecule has 2 heteroatoms. The fourth-order valence-electron chi connectivity index (χ4n) is 1.47. The van der Waals surface area contributed by atoms with Crippen molar-refractivity contribution in [2.24, 2.45) is 0 Å². The van der Waals surface area contributed by atoms with Gasteiger partial charge in [-0.3, -0.25) is 0 Å². The van der Waals surface area contributed by atoms with Gasteiger partial charge in [0.05, 0.1) is 5.60 Å². The van der Waals surface area contributed by atoms with Gasteiger partial charge in [0.2, 0.25) is 0 Å². The summed E-state index contributed by atoms with van der Waals surface area (Å²) in [7, 11) is 1.75. The van der Waals surface area contributed by atoms with E-state index in [1.165, 1.54) is 11.1 Å². The lowest BCUT2D eigenvalue weighted by Gasteiger charge is -2.26. The Labute approximate surface area is 101 Å². The number of methoxy groups -OCH3 is 1. The summed E-state index contributed by atoms with van der Waals surface area (Å²) < 4.78 is 5.53. The number of halogens is 1. The van der Waals surface area contributed by atoms with Gasteiger partial charge in [-0.1, -0.05) is 54.0 Å². The highest BCUT2D eigenvalue weighted by molar-refractivity contribution is 9.09. The van der Waals surface area contributed by atoms with Crippen LogP contribution in [0.1, 0.15) is 37.8 Å². The zero-order valence-electron chi connectivity index (χ0n) is 9.88. The maximum atomic E-state index is 5.53. The molecule has 0 saturated heterocycles. The van der Waals surface area contributed by atoms with Crippen LogP contribution in [0.5, 0.6) is 0 Å². The second-order valence-electron chi connectivity index (χ2n) is 4.35. The molecule has 0 heterocycles. The van der Waals surface area contributed by atoms with Crippen LogP contribution in [-0.4, -0.2) is 12.4 Å². The Kier molecular flexibility index (Phi) is 4.35. The SMILES string of the molecule is COC(C)(CBr)c1ccc(C(C)C)cc1. The van der Waals surface area contributed by atoms with Crippen molar-refractivity contribution < 1.29 is 4.74 Å². The summed E-state index contributed by atoms with van der Waals surface area (Å²) in [6.07, 6.45) is 0. The normalized spacial score (nSPS) is 15.3. The van der Waals surface area contributed by atoms with E-state index in [2.05, 4.69) is 61.0 Å². The van der Waals surface area contributed by atoms with Crippen LogP contribution in [0, 0.1) is 0 Å². The molecule has 0 radical (unpaired) electrons. The number of hydrogen-bond acceptors (Lipinski definition) is 1. The Bertz CT molecular complexity index is 299. The van der Waals surface area contributed by atoms with Gasteiger partial charge in [0, 0.05) is 12.4 Å². The van der Waals surface area contributed by atoms with Gasteiger partial charge < -0.3 is 4.74 Å². The highest BCUT2D eigenvalue weighted by Crippen LogP contribution is 2.28. The fraction of sp³-hybridized carbons (Fsp3) is 0.538. The Hall–Kier alpha value is -0.340. The van der Waals surface area contributed by atoms with Gasteiger partial charge in [-0.15, -0.1) is 0 Å². The summed E-state index contributed by atoms with van der Waals surface area (Å²) >= 11 is 3.49. The van der Waals surface area contributed by atoms with Crippen molar-refractivity contribution in [1.82, 2.24) is 0 Å². The minimum Gasteiger partial charge on any atom is -0.373 e. The minimum absolute atomic E-state index is 0.227. The van der Waals surface area contributed by atoms with Gasteiger partial charge in [-0.25, -0.2) is 0 Å². The Morgan fingerprint density at radius 1 is 1.27 bits per heavy atom. The molecule has 1 aromatic carbocycles. The molecule has 1 aromatic rings. The van der Waals surface area contributed by atoms with Gasteiger partial charge in [0.1, 0.15) is 0 Å². The molecule has 0 aliphatic heterocycles. The molecular formula is C13H19BrO. The van der Waals surface area contributed by atoms with Crippen molar-refractivity contribution in [2.75, 3.05) is 12.4 Å². The number of rotatable bonds is 4. The Balaban J connectivity index is 2.97. The molecule has 15 heavy (non-hydrogen) atoms. The topological polar surface area (TPSA) is 9.23 Å². The molecule has 84 valence electrons. The van der Waals surface area contributed by atoms with Crippen LogP contribution in [-0.2, 0) is 10.3 Å². The zero-order valence-corrected chi connectivity index (χ0v) is 11.5. The largest absolute Gasteiger partial charge is 0.373 e. The van der Waals surface area contributed by atoms with E-state index in [0.717, 1.165) is 5.33 Å². The Morgan fingerprint density at radius 3 is 2.13 bits per heavy atom. The third-order valence-electron chi connectivity index (χ3n) is 2.89. The summed E-state index contributed by atoms with van der Waals surface area (Å²) in [6, 6.07) is 8.67. The van der Waals surface area contributed by atoms with Gasteiger partial charge in [-0.2, -0.15) is 0 Å². The lowest BCUT2D eigenvalue weighted by molar-refractivity contribution is 0.0248. The molecule has 0 amide bonds. The molecule has 0 aromatic heterocycles. The summed E-state index contributed by atoms with van der Waals surface area (Å²) in [6.45, 7) is 6.50. The van der Waals surface area contributed by atoms with E-state index >= 15 is 0 Å². The van der Waals surface area contributed by atoms with Crippen molar-refractivity contribution >= 4 is 15.9 Å². The second-order valence-corrected chi connectivity index (χ2v) is 4.91. The standard InChI is InChI=1S/C13H19BrO/c1-10(2)11-5-7-12(8-6-11)13(3,9-14)15-4/h5-8,10H,9H2,1-4H3. The maximum Gasteiger partial charge on any atom is 0.0995 e. The molecule has 0 N–H and O–H groups in total. The van der Waals surface area contributed by atoms with Gasteiger partial charge in [0.15, 0.2) is 0 Å². The van der Waals surface area contributed by atoms with Crippen LogP contribution in [0.2, 0.25) is 0 Å². The fourth-order valence-corrected chi connectivity index (χ4v) is 2.02. The van der Waals surface area contributed by atoms with E-state index in [1.807, 2.05) is 0 Å². The first-order valence-corrected chi connectivity index (χ1v) is 6.37. The summed E-state index contributed by atoms with van der Waals surface area (Å²) in [4.78, 5) is 0. The monoisotopic (exact) mass is 270 g/mol. The lowest BCUT2D eigenvalue weighted by atomic mass is 9.94. The van der Waals surface area contributed by atoms with Crippen LogP contribution in [0.25, 0.3) is 0 Å². The molecule has 0 aliphatic rings. The van der Waals surface area contributed by atoms with Gasteiger partial charge in [-0.05, 0) is 24.0 Å². The van der Waals surface area contributed by atoms with Gasteiger partial charge in [0.25, 0.3) is 0 Å². The average Bonchev–Trinajstić information content (AvgIpc) is 2.28. The van der Waals surface area contributed by atoms with Crippen molar-refractivity contribution in [2.45, 2.75) is 32.3 Å². The van der Waals surface area contributed by atoms with Crippen molar-refractivity contribution in [3.05, 3.63) is 35.4 Å². The predicted octanol–water partition coefficient (Wildman–Crippen LogP) is 4.07. The summed E-state index contributed by atoms with van der Waals surface area (Å²) in [5.41, 5.74) is 2.35. The molecule has 0 spiro atoms. The Morgan fingerprint density at radius 2 is 1.80 bits per heavy atom. The first-order chi connectivity index (χ1) is 7.03. The van der Waals surface area contributed by atoms with Crippen molar-refractivity contribution in [1.29, 1.82) is 0 Å². The first kappa shape index (κ1) is 12.7. The van der Waals surface area contributed by atoms with E-state index < -0.39 is 0 Å². The van der Waals surface area contributed by atoms with Gasteiger partial charge >= 0.3 is 0 Å². The predicted molar refractivity (Wildman–Crippen MR) is 68.7 cm³/mol. The van der Waals surface area contributed by atoms with Crippen LogP contribution in [0.4, 0.5) is 0 Å². The third-order valence-corrected chi connectivity index (χ3v) is 3.96. The molecule has 0 fully saturated rings. The highest BCUT2D eigenvalue weighted by Gasteiger charge is 2.24. The molecule has 1 nitrogen and oxygen atoms in total. The van der Waals surface area contributed by atoms with Crippen LogP contribution in [0.15, 0.2) is 24.3 Å². The molecular weight excluding hydrogens is 252 g/mol. The lowest BCUT2D eigenvalue weighted by Crippen LogP contribution is -2.26. The number of hydrogen-bond donors (Lipinski definition) is 0. The molecule has 1 atom stereocenters. The molecule has 0 aliphatic carbocycles. The molecule has 0 bridgehead atoms. The smallest absolute Gasteiger partial charge is 0.0995 e. The van der Waals surface area contributed by atoms with E-state index in [-0.39, 0.29) is 5.60 Å². The van der Waals surface area contributed by atoms with E-state index in [9.17, 15) is 0 Å². The van der Waals surface area contributed by atoms with E-state index in [0.29, 0.717) is 5.92 Å². The minimum atomic E-state index is -0.227. The second kappa shape index (κ2) is 5.13. The quantitative estimate of drug-likeness (QED) is 0.750. The highest BCUT2D eigenvalue weighted by atomic mass is 79.9. The summed E-state index contributed by atoms with van der Waals surface area (Å²) in [5, 5.41) is 0.803. The van der Waals surface area contributed by atoms with E-state index in [4.69, 9.17) is 4.74 Å². The van der Waals surface area contributed by atoms with Crippen molar-refractivity contribution in [3.8, 4) is 0 Å². The van der Waals surface area contributed by atoms with Crippen molar-refractivity contribution in [3.63, 3.8) is 0 Å². The van der Waals surface area contributed by atoms with Crippen LogP contribution in [0.3, 0.4) is 0 Å². The number of alkyl halides is 1. The molecule has 1 rings (SSSR count). The number of ether oxygens (including phenoxy) is 1. The van der Waals surface area contributed by atoms with Crippen LogP contribution >= 0.6 is 15.9 Å². The number of benzene rings is 1. The molecule has 0 saturated carbocycles. The maximum absolute atomic E-state index is 5.53. The van der Waals surface area contributed by atoms with E-state index in [1.54, 1.807) is 7.11 Å². The first-order valence-electron chi connectivity index (χ1n) is 5.25. The van der Waals surface area contributed by atoms with Crippen LogP contribution < -0.4 is 0 Å². The average molecular weight is 271 g/mol. The summed E-state index contributed by atoms with van der Waals surface area (Å²) in [5.74, 6) is 0.580. The third kappa shape index (κ3) is 2.82.